The first-order chi connectivity index (χ1) is 9.92. The molecule has 0 aliphatic carbocycles. The molecule has 0 spiro atoms. The van der Waals surface area contributed by atoms with Gasteiger partial charge in [-0.25, -0.2) is 13.8 Å². The van der Waals surface area contributed by atoms with Crippen LogP contribution in [0.2, 0.25) is 0 Å². The smallest absolute Gasteiger partial charge is 0.245 e. The van der Waals surface area contributed by atoms with Crippen LogP contribution in [-0.2, 0) is 4.79 Å². The fourth-order valence-corrected chi connectivity index (χ4v) is 2.44. The van der Waals surface area contributed by atoms with Crippen LogP contribution < -0.4 is 5.73 Å². The van der Waals surface area contributed by atoms with Crippen LogP contribution in [0.3, 0.4) is 0 Å². The highest BCUT2D eigenvalue weighted by atomic mass is 19.2. The topological polar surface area (TPSA) is 64.2 Å². The van der Waals surface area contributed by atoms with Crippen LogP contribution in [0.25, 0.3) is 11.0 Å². The number of nitrogens with two attached hydrogens (primary N) is 1. The predicted molar refractivity (Wildman–Crippen MR) is 76.7 cm³/mol. The monoisotopic (exact) mass is 296 g/mol. The van der Waals surface area contributed by atoms with Crippen molar-refractivity contribution in [3.05, 3.63) is 23.8 Å². The van der Waals surface area contributed by atoms with E-state index in [2.05, 4.69) is 4.98 Å². The molecule has 2 rings (SSSR count). The Bertz CT molecular complexity index is 679. The lowest BCUT2D eigenvalue weighted by Crippen LogP contribution is -2.36. The molecule has 0 radical (unpaired) electrons. The molecular weight excluding hydrogens is 278 g/mol. The number of anilines is 1. The van der Waals surface area contributed by atoms with E-state index >= 15 is 0 Å². The molecule has 5 nitrogen and oxygen atoms in total. The Labute approximate surface area is 121 Å². The van der Waals surface area contributed by atoms with Gasteiger partial charge in [0.15, 0.2) is 11.6 Å². The lowest BCUT2D eigenvalue weighted by atomic mass is 10.2. The lowest BCUT2D eigenvalue weighted by Gasteiger charge is -2.24. The van der Waals surface area contributed by atoms with Crippen molar-refractivity contribution in [2.45, 2.75) is 26.8 Å². The molecule has 0 aliphatic heterocycles. The van der Waals surface area contributed by atoms with E-state index in [0.717, 1.165) is 6.07 Å². The van der Waals surface area contributed by atoms with Gasteiger partial charge in [-0.2, -0.15) is 0 Å². The molecule has 2 aromatic rings. The van der Waals surface area contributed by atoms with Gasteiger partial charge in [0, 0.05) is 13.1 Å². The summed E-state index contributed by atoms with van der Waals surface area (Å²) in [6.45, 7) is 6.36. The second-order valence-corrected chi connectivity index (χ2v) is 4.76. The van der Waals surface area contributed by atoms with Crippen molar-refractivity contribution in [3.63, 3.8) is 0 Å². The van der Waals surface area contributed by atoms with Crippen LogP contribution in [0.5, 0.6) is 0 Å². The van der Waals surface area contributed by atoms with Crippen molar-refractivity contribution >= 4 is 22.9 Å². The van der Waals surface area contributed by atoms with Crippen molar-refractivity contribution in [2.24, 2.45) is 0 Å². The number of aromatic nitrogens is 2. The quantitative estimate of drug-likeness (QED) is 0.941. The highest BCUT2D eigenvalue weighted by Crippen LogP contribution is 2.27. The summed E-state index contributed by atoms with van der Waals surface area (Å²) in [5.41, 5.74) is 5.93. The van der Waals surface area contributed by atoms with E-state index in [0.29, 0.717) is 13.1 Å². The average Bonchev–Trinajstić information content (AvgIpc) is 2.80. The summed E-state index contributed by atoms with van der Waals surface area (Å²) in [5.74, 6) is -2.26. The normalized spacial score (nSPS) is 12.6. The molecule has 0 bridgehead atoms. The summed E-state index contributed by atoms with van der Waals surface area (Å²) in [6.07, 6.45) is 0. The molecule has 114 valence electrons. The first-order valence-corrected chi connectivity index (χ1v) is 6.82. The third-order valence-electron chi connectivity index (χ3n) is 3.59. The molecule has 1 aromatic carbocycles. The number of carbonyl (C=O) groups excluding carboxylic acids is 1. The van der Waals surface area contributed by atoms with Crippen LogP contribution in [0, 0.1) is 11.6 Å². The van der Waals surface area contributed by atoms with Gasteiger partial charge in [0.2, 0.25) is 11.9 Å². The Balaban J connectivity index is 2.58. The summed E-state index contributed by atoms with van der Waals surface area (Å²) in [5, 5.41) is 0. The predicted octanol–water partition coefficient (Wildman–Crippen LogP) is 2.33. The minimum absolute atomic E-state index is 0.0116. The van der Waals surface area contributed by atoms with Gasteiger partial charge in [-0.1, -0.05) is 0 Å². The largest absolute Gasteiger partial charge is 0.369 e. The maximum atomic E-state index is 14.0. The van der Waals surface area contributed by atoms with E-state index in [9.17, 15) is 13.6 Å². The maximum absolute atomic E-state index is 14.0. The Hall–Kier alpha value is -2.18. The van der Waals surface area contributed by atoms with Crippen LogP contribution in [0.4, 0.5) is 14.7 Å². The average molecular weight is 296 g/mol. The van der Waals surface area contributed by atoms with Gasteiger partial charge in [-0.15, -0.1) is 0 Å². The Kier molecular flexibility index (Phi) is 4.11. The SMILES string of the molecule is CCN(CC)C(=O)C(C)n1c(N)nc2ccc(F)c(F)c21. The highest BCUT2D eigenvalue weighted by Gasteiger charge is 2.26. The van der Waals surface area contributed by atoms with E-state index in [-0.39, 0.29) is 22.9 Å². The first kappa shape index (κ1) is 15.2. The molecule has 0 saturated heterocycles. The second-order valence-electron chi connectivity index (χ2n) is 4.76. The Morgan fingerprint density at radius 1 is 1.38 bits per heavy atom. The van der Waals surface area contributed by atoms with Crippen LogP contribution >= 0.6 is 0 Å². The molecule has 0 aliphatic rings. The van der Waals surface area contributed by atoms with Crippen LogP contribution in [0.1, 0.15) is 26.8 Å². The highest BCUT2D eigenvalue weighted by molar-refractivity contribution is 5.85. The number of hydrogen-bond acceptors (Lipinski definition) is 3. The Morgan fingerprint density at radius 3 is 2.57 bits per heavy atom. The van der Waals surface area contributed by atoms with E-state index < -0.39 is 17.7 Å². The minimum Gasteiger partial charge on any atom is -0.369 e. The Morgan fingerprint density at radius 2 is 2.00 bits per heavy atom. The number of rotatable bonds is 4. The number of likely N-dealkylation sites (N-methyl/N-ethyl adjacent to an activating group) is 1. The standard InChI is InChI=1S/C14H18F2N4O/c1-4-19(5-2)13(21)8(3)20-12-10(18-14(20)17)7-6-9(15)11(12)16/h6-8H,4-5H2,1-3H3,(H2,17,18). The zero-order chi connectivity index (χ0) is 15.7. The van der Waals surface area contributed by atoms with Gasteiger partial charge in [0.1, 0.15) is 11.6 Å². The zero-order valence-electron chi connectivity index (χ0n) is 12.2. The molecule has 0 saturated carbocycles. The van der Waals surface area contributed by atoms with E-state index in [4.69, 9.17) is 5.73 Å². The van der Waals surface area contributed by atoms with Gasteiger partial charge in [-0.3, -0.25) is 9.36 Å². The van der Waals surface area contributed by atoms with E-state index in [1.807, 2.05) is 13.8 Å². The summed E-state index contributed by atoms with van der Waals surface area (Å²) in [6, 6.07) is 1.58. The number of fused-ring (bicyclic) bond motifs is 1. The second kappa shape index (κ2) is 5.67. The van der Waals surface area contributed by atoms with Gasteiger partial charge < -0.3 is 10.6 Å². The number of hydrogen-bond donors (Lipinski definition) is 1. The molecule has 21 heavy (non-hydrogen) atoms. The number of amides is 1. The number of nitrogens with zero attached hydrogens (tertiary/aromatic N) is 3. The van der Waals surface area contributed by atoms with Gasteiger partial charge in [-0.05, 0) is 32.9 Å². The summed E-state index contributed by atoms with van der Waals surface area (Å²) in [4.78, 5) is 18.0. The number of nitrogen functional groups attached to an aromatic ring is 1. The van der Waals surface area contributed by atoms with Crippen molar-refractivity contribution < 1.29 is 13.6 Å². The van der Waals surface area contributed by atoms with Crippen molar-refractivity contribution in [1.82, 2.24) is 14.5 Å². The van der Waals surface area contributed by atoms with Gasteiger partial charge in [0.25, 0.3) is 0 Å². The van der Waals surface area contributed by atoms with Crippen molar-refractivity contribution in [3.8, 4) is 0 Å². The first-order valence-electron chi connectivity index (χ1n) is 6.82. The number of carbonyl (C=O) groups is 1. The van der Waals surface area contributed by atoms with Gasteiger partial charge >= 0.3 is 0 Å². The fraction of sp³-hybridized carbons (Fsp3) is 0.429. The molecule has 1 atom stereocenters. The summed E-state index contributed by atoms with van der Waals surface area (Å²) in [7, 11) is 0. The van der Waals surface area contributed by atoms with Crippen molar-refractivity contribution in [2.75, 3.05) is 18.8 Å². The number of halogens is 2. The molecule has 1 heterocycles. The minimum atomic E-state index is -1.05. The molecule has 0 fully saturated rings. The van der Waals surface area contributed by atoms with E-state index in [1.165, 1.54) is 10.6 Å². The molecular formula is C14H18F2N4O. The number of imidazole rings is 1. The third kappa shape index (κ3) is 2.43. The molecule has 7 heteroatoms. The fourth-order valence-electron chi connectivity index (χ4n) is 2.44. The third-order valence-corrected chi connectivity index (χ3v) is 3.59. The van der Waals surface area contributed by atoms with E-state index in [1.54, 1.807) is 11.8 Å². The molecule has 1 aromatic heterocycles. The molecule has 1 unspecified atom stereocenters. The summed E-state index contributed by atoms with van der Waals surface area (Å²) < 4.78 is 28.7. The zero-order valence-corrected chi connectivity index (χ0v) is 12.2. The molecule has 2 N–H and O–H groups in total. The lowest BCUT2D eigenvalue weighted by molar-refractivity contribution is -0.133. The van der Waals surface area contributed by atoms with Crippen molar-refractivity contribution in [1.29, 1.82) is 0 Å². The molecule has 1 amide bonds. The maximum Gasteiger partial charge on any atom is 0.245 e. The summed E-state index contributed by atoms with van der Waals surface area (Å²) >= 11 is 0. The number of benzene rings is 1. The van der Waals surface area contributed by atoms with Crippen LogP contribution in [0.15, 0.2) is 12.1 Å². The van der Waals surface area contributed by atoms with Crippen LogP contribution in [-0.4, -0.2) is 33.4 Å². The van der Waals surface area contributed by atoms with Gasteiger partial charge in [0.05, 0.1) is 5.52 Å².